The summed E-state index contributed by atoms with van der Waals surface area (Å²) >= 11 is 1.59. The van der Waals surface area contributed by atoms with Crippen LogP contribution in [0.3, 0.4) is 0 Å². The molecular formula is C34H39N5O4S. The number of nitrogens with zero attached hydrogens (tertiary/aromatic N) is 3. The van der Waals surface area contributed by atoms with E-state index in [1.807, 2.05) is 81.4 Å². The highest BCUT2D eigenvalue weighted by molar-refractivity contribution is 7.99. The number of ether oxygens (including phenoxy) is 3. The fourth-order valence-corrected chi connectivity index (χ4v) is 5.72. The third kappa shape index (κ3) is 7.19. The van der Waals surface area contributed by atoms with E-state index in [0.29, 0.717) is 65.1 Å². The van der Waals surface area contributed by atoms with Gasteiger partial charge in [0.05, 0.1) is 31.1 Å². The second-order valence-electron chi connectivity index (χ2n) is 10.2. The number of thioether (sulfide) groups is 1. The van der Waals surface area contributed by atoms with Gasteiger partial charge in [0.1, 0.15) is 11.8 Å². The topological polar surface area (TPSA) is 99.5 Å². The number of rotatable bonds is 14. The Bertz CT molecular complexity index is 1600. The van der Waals surface area contributed by atoms with E-state index in [-0.39, 0.29) is 5.91 Å². The summed E-state index contributed by atoms with van der Waals surface area (Å²) in [6, 6.07) is 22.9. The fraction of sp³-hybridized carbons (Fsp3) is 0.324. The van der Waals surface area contributed by atoms with Gasteiger partial charge in [0.15, 0.2) is 11.5 Å². The van der Waals surface area contributed by atoms with Crippen LogP contribution in [0.1, 0.15) is 51.3 Å². The van der Waals surface area contributed by atoms with Crippen LogP contribution in [0.4, 0.5) is 11.6 Å². The standard InChI is InChI=1S/C34H39N5O4S/c1-5-21-44-34-37-33-35-23(4)30(32(40)36-26-15-11-12-16-27(26)41-6-2)31(39(33)38-34)25-17-18-28(29(22-25)42-7-3)43-20-19-24-13-9-8-10-14-24/h8-18,22,31H,5-7,19-21H2,1-4H3,(H,36,40)(H,35,37,38). The van der Waals surface area contributed by atoms with Crippen molar-refractivity contribution in [3.8, 4) is 17.2 Å². The number of carbonyl (C=O) groups is 1. The van der Waals surface area contributed by atoms with E-state index < -0.39 is 6.04 Å². The average molecular weight is 614 g/mol. The number of benzene rings is 3. The predicted octanol–water partition coefficient (Wildman–Crippen LogP) is 7.13. The van der Waals surface area contributed by atoms with Gasteiger partial charge in [-0.15, -0.1) is 5.10 Å². The Morgan fingerprint density at radius 1 is 0.932 bits per heavy atom. The summed E-state index contributed by atoms with van der Waals surface area (Å²) in [6.45, 7) is 9.32. The van der Waals surface area contributed by atoms with Crippen LogP contribution in [0.25, 0.3) is 0 Å². The van der Waals surface area contributed by atoms with Crippen LogP contribution in [0.15, 0.2) is 89.2 Å². The van der Waals surface area contributed by atoms with Gasteiger partial charge in [-0.05, 0) is 62.6 Å². The number of amides is 1. The molecular weight excluding hydrogens is 574 g/mol. The van der Waals surface area contributed by atoms with Gasteiger partial charge in [-0.1, -0.05) is 67.2 Å². The van der Waals surface area contributed by atoms with E-state index in [1.54, 1.807) is 16.4 Å². The normalized spacial score (nSPS) is 14.0. The molecule has 2 heterocycles. The minimum absolute atomic E-state index is 0.266. The molecule has 1 aromatic heterocycles. The Kier molecular flexibility index (Phi) is 10.5. The average Bonchev–Trinajstić information content (AvgIpc) is 3.44. The smallest absolute Gasteiger partial charge is 0.255 e. The number of para-hydroxylation sites is 2. The van der Waals surface area contributed by atoms with Crippen LogP contribution < -0.4 is 24.8 Å². The quantitative estimate of drug-likeness (QED) is 0.145. The molecule has 1 atom stereocenters. The number of allylic oxidation sites excluding steroid dienone is 1. The van der Waals surface area contributed by atoms with Crippen molar-refractivity contribution in [2.75, 3.05) is 36.2 Å². The van der Waals surface area contributed by atoms with Crippen molar-refractivity contribution in [2.24, 2.45) is 0 Å². The first-order valence-corrected chi connectivity index (χ1v) is 16.0. The maximum Gasteiger partial charge on any atom is 0.255 e. The molecule has 5 rings (SSSR count). The van der Waals surface area contributed by atoms with Crippen molar-refractivity contribution in [3.05, 3.63) is 95.2 Å². The minimum Gasteiger partial charge on any atom is -0.492 e. The van der Waals surface area contributed by atoms with Crippen LogP contribution in [0.5, 0.6) is 17.2 Å². The summed E-state index contributed by atoms with van der Waals surface area (Å²) in [5.41, 5.74) is 3.83. The summed E-state index contributed by atoms with van der Waals surface area (Å²) in [4.78, 5) is 18.8. The van der Waals surface area contributed by atoms with Crippen LogP contribution in [0.2, 0.25) is 0 Å². The second-order valence-corrected chi connectivity index (χ2v) is 11.2. The zero-order valence-corrected chi connectivity index (χ0v) is 26.4. The number of nitrogens with one attached hydrogen (secondary N) is 2. The van der Waals surface area contributed by atoms with Crippen LogP contribution >= 0.6 is 11.8 Å². The molecule has 0 aliphatic carbocycles. The molecule has 1 aliphatic rings. The number of fused-ring (bicyclic) bond motifs is 1. The zero-order valence-electron chi connectivity index (χ0n) is 25.6. The third-order valence-electron chi connectivity index (χ3n) is 7.02. The highest BCUT2D eigenvalue weighted by Crippen LogP contribution is 2.40. The Morgan fingerprint density at radius 2 is 1.68 bits per heavy atom. The molecule has 0 saturated carbocycles. The lowest BCUT2D eigenvalue weighted by molar-refractivity contribution is -0.113. The number of carbonyl (C=O) groups excluding carboxylic acids is 1. The van der Waals surface area contributed by atoms with Crippen molar-refractivity contribution in [1.82, 2.24) is 14.8 Å². The summed E-state index contributed by atoms with van der Waals surface area (Å²) in [5.74, 6) is 3.08. The lowest BCUT2D eigenvalue weighted by atomic mass is 9.94. The number of hydrogen-bond donors (Lipinski definition) is 2. The molecule has 0 spiro atoms. The lowest BCUT2D eigenvalue weighted by Crippen LogP contribution is -2.31. The molecule has 230 valence electrons. The molecule has 1 amide bonds. The summed E-state index contributed by atoms with van der Waals surface area (Å²) < 4.78 is 19.8. The zero-order chi connectivity index (χ0) is 30.9. The van der Waals surface area contributed by atoms with Gasteiger partial charge in [0, 0.05) is 17.9 Å². The molecule has 0 saturated heterocycles. The Morgan fingerprint density at radius 3 is 2.45 bits per heavy atom. The molecule has 0 radical (unpaired) electrons. The van der Waals surface area contributed by atoms with Crippen molar-refractivity contribution in [3.63, 3.8) is 0 Å². The van der Waals surface area contributed by atoms with Crippen LogP contribution in [0, 0.1) is 0 Å². The predicted molar refractivity (Wildman–Crippen MR) is 175 cm³/mol. The summed E-state index contributed by atoms with van der Waals surface area (Å²) in [5, 5.41) is 11.9. The van der Waals surface area contributed by atoms with Crippen molar-refractivity contribution in [1.29, 1.82) is 0 Å². The van der Waals surface area contributed by atoms with E-state index in [2.05, 4.69) is 29.7 Å². The first-order chi connectivity index (χ1) is 21.5. The third-order valence-corrected chi connectivity index (χ3v) is 8.07. The Labute approximate surface area is 263 Å². The van der Waals surface area contributed by atoms with Gasteiger partial charge >= 0.3 is 0 Å². The van der Waals surface area contributed by atoms with Gasteiger partial charge in [-0.2, -0.15) is 4.98 Å². The van der Waals surface area contributed by atoms with Gasteiger partial charge in [-0.25, -0.2) is 4.68 Å². The molecule has 4 aromatic rings. The molecule has 0 fully saturated rings. The van der Waals surface area contributed by atoms with Gasteiger partial charge in [0.2, 0.25) is 11.1 Å². The number of hydrogen-bond acceptors (Lipinski definition) is 8. The van der Waals surface area contributed by atoms with E-state index in [4.69, 9.17) is 24.3 Å². The monoisotopic (exact) mass is 613 g/mol. The van der Waals surface area contributed by atoms with Gasteiger partial charge in [0.25, 0.3) is 5.91 Å². The molecule has 2 N–H and O–H groups in total. The van der Waals surface area contributed by atoms with Crippen molar-refractivity contribution < 1.29 is 19.0 Å². The first-order valence-electron chi connectivity index (χ1n) is 15.1. The second kappa shape index (κ2) is 14.8. The largest absolute Gasteiger partial charge is 0.492 e. The van der Waals surface area contributed by atoms with Crippen LogP contribution in [-0.4, -0.2) is 46.2 Å². The van der Waals surface area contributed by atoms with E-state index in [0.717, 1.165) is 24.2 Å². The summed E-state index contributed by atoms with van der Waals surface area (Å²) in [7, 11) is 0. The Hall–Kier alpha value is -4.44. The number of aromatic nitrogens is 3. The molecule has 1 unspecified atom stereocenters. The SMILES string of the molecule is CCCSc1nc2n(n1)C(c1ccc(OCCc3ccccc3)c(OCC)c1)C(C(=O)Nc1ccccc1OCC)=C(C)N2. The summed E-state index contributed by atoms with van der Waals surface area (Å²) in [6.07, 6.45) is 1.78. The maximum atomic E-state index is 14.1. The van der Waals surface area contributed by atoms with Crippen molar-refractivity contribution >= 4 is 29.3 Å². The highest BCUT2D eigenvalue weighted by Gasteiger charge is 2.35. The van der Waals surface area contributed by atoms with Crippen LogP contribution in [-0.2, 0) is 11.2 Å². The molecule has 3 aromatic carbocycles. The molecule has 1 aliphatic heterocycles. The van der Waals surface area contributed by atoms with Gasteiger partial charge in [-0.3, -0.25) is 4.79 Å². The van der Waals surface area contributed by atoms with E-state index >= 15 is 0 Å². The minimum atomic E-state index is -0.563. The van der Waals surface area contributed by atoms with E-state index in [9.17, 15) is 4.79 Å². The fourth-order valence-electron chi connectivity index (χ4n) is 5.03. The lowest BCUT2D eigenvalue weighted by Gasteiger charge is -2.29. The molecule has 10 heteroatoms. The first kappa shape index (κ1) is 31.0. The van der Waals surface area contributed by atoms with E-state index in [1.165, 1.54) is 5.56 Å². The maximum absolute atomic E-state index is 14.1. The Balaban J connectivity index is 1.50. The molecule has 9 nitrogen and oxygen atoms in total. The van der Waals surface area contributed by atoms with Gasteiger partial charge < -0.3 is 24.8 Å². The molecule has 0 bridgehead atoms. The molecule has 44 heavy (non-hydrogen) atoms. The van der Waals surface area contributed by atoms with Crippen molar-refractivity contribution in [2.45, 2.75) is 51.7 Å². The number of anilines is 2. The highest BCUT2D eigenvalue weighted by atomic mass is 32.2.